The molecule has 0 aliphatic carbocycles. The minimum absolute atomic E-state index is 0.350. The number of carbonyl (C=O) groups excluding carboxylic acids is 1. The van der Waals surface area contributed by atoms with Gasteiger partial charge in [-0.3, -0.25) is 0 Å². The summed E-state index contributed by atoms with van der Waals surface area (Å²) in [5, 5.41) is 2.49. The van der Waals surface area contributed by atoms with Crippen molar-refractivity contribution in [2.45, 2.75) is 34.1 Å². The van der Waals surface area contributed by atoms with Gasteiger partial charge in [0, 0.05) is 5.57 Å². The van der Waals surface area contributed by atoms with Gasteiger partial charge in [0.05, 0.1) is 0 Å². The molecule has 0 atom stereocenters. The average Bonchev–Trinajstić information content (AvgIpc) is 2.73. The summed E-state index contributed by atoms with van der Waals surface area (Å²) in [4.78, 5) is 11.6. The molecule has 0 aromatic heterocycles. The number of hydrogen-bond donors (Lipinski definition) is 0. The second-order valence-corrected chi connectivity index (χ2v) is 7.16. The Morgan fingerprint density at radius 3 is 2.10 bits per heavy atom. The highest BCUT2D eigenvalue weighted by atomic mass is 16.6. The van der Waals surface area contributed by atoms with Gasteiger partial charge in [0.2, 0.25) is 0 Å². The first-order chi connectivity index (χ1) is 13.9. The summed E-state index contributed by atoms with van der Waals surface area (Å²) >= 11 is 0. The van der Waals surface area contributed by atoms with Crippen LogP contribution < -0.4 is 4.74 Å². The van der Waals surface area contributed by atoms with Crippen molar-refractivity contribution >= 4 is 16.7 Å². The van der Waals surface area contributed by atoms with E-state index in [-0.39, 0.29) is 0 Å². The normalized spacial score (nSPS) is 11.7. The molecule has 0 spiro atoms. The molecule has 0 fully saturated rings. The van der Waals surface area contributed by atoms with E-state index in [1.54, 1.807) is 20.8 Å². The Labute approximate surface area is 172 Å². The molecule has 0 N–H and O–H groups in total. The molecule has 3 heteroatoms. The van der Waals surface area contributed by atoms with E-state index >= 15 is 0 Å². The Hall–Kier alpha value is -3.33. The van der Waals surface area contributed by atoms with E-state index in [1.165, 1.54) is 16.3 Å². The monoisotopic (exact) mass is 386 g/mol. The van der Waals surface area contributed by atoms with Crippen molar-refractivity contribution in [2.75, 3.05) is 0 Å². The maximum absolute atomic E-state index is 11.6. The van der Waals surface area contributed by atoms with Gasteiger partial charge in [0.15, 0.2) is 0 Å². The van der Waals surface area contributed by atoms with Crippen molar-refractivity contribution in [2.24, 2.45) is 0 Å². The van der Waals surface area contributed by atoms with Crippen LogP contribution in [0.25, 0.3) is 21.9 Å². The van der Waals surface area contributed by atoms with Crippen LogP contribution in [0.1, 0.15) is 33.3 Å². The molecule has 0 unspecified atom stereocenters. The smallest absolute Gasteiger partial charge is 0.338 e. The van der Waals surface area contributed by atoms with Crippen molar-refractivity contribution in [3.8, 4) is 16.9 Å². The van der Waals surface area contributed by atoms with E-state index in [0.29, 0.717) is 22.8 Å². The number of carbonyl (C=O) groups is 1. The van der Waals surface area contributed by atoms with Gasteiger partial charge in [-0.2, -0.15) is 0 Å². The van der Waals surface area contributed by atoms with Gasteiger partial charge in [-0.05, 0) is 72.9 Å². The van der Waals surface area contributed by atoms with Crippen LogP contribution in [0.5, 0.6) is 5.75 Å². The van der Waals surface area contributed by atoms with Crippen LogP contribution >= 0.6 is 0 Å². The summed E-state index contributed by atoms with van der Waals surface area (Å²) in [7, 11) is 0. The van der Waals surface area contributed by atoms with Gasteiger partial charge in [0.1, 0.15) is 17.3 Å². The zero-order valence-corrected chi connectivity index (χ0v) is 17.4. The first kappa shape index (κ1) is 20.4. The first-order valence-electron chi connectivity index (χ1n) is 9.73. The number of fused-ring (bicyclic) bond motifs is 1. The fraction of sp³-hybridized carbons (Fsp3) is 0.192. The molecular formula is C26H26O3. The summed E-state index contributed by atoms with van der Waals surface area (Å²) in [5.41, 5.74) is 3.97. The number of esters is 1. The molecule has 0 heterocycles. The van der Waals surface area contributed by atoms with Crippen LogP contribution in [0.2, 0.25) is 0 Å². The van der Waals surface area contributed by atoms with E-state index in [9.17, 15) is 4.79 Å². The van der Waals surface area contributed by atoms with E-state index in [2.05, 4.69) is 49.9 Å². The molecule has 3 rings (SSSR count). The minimum atomic E-state index is -0.455. The molecule has 0 amide bonds. The number of aryl methyl sites for hydroxylation is 1. The van der Waals surface area contributed by atoms with Crippen LogP contribution in [0, 0.1) is 0 Å². The van der Waals surface area contributed by atoms with Crippen LogP contribution in [-0.2, 0) is 16.0 Å². The second kappa shape index (κ2) is 8.78. The third-order valence-electron chi connectivity index (χ3n) is 4.86. The Bertz CT molecular complexity index is 1090. The maximum Gasteiger partial charge on any atom is 0.338 e. The highest BCUT2D eigenvalue weighted by Crippen LogP contribution is 2.27. The Morgan fingerprint density at radius 2 is 1.45 bits per heavy atom. The second-order valence-electron chi connectivity index (χ2n) is 7.16. The molecule has 0 bridgehead atoms. The van der Waals surface area contributed by atoms with Crippen LogP contribution in [0.3, 0.4) is 0 Å². The molecule has 29 heavy (non-hydrogen) atoms. The highest BCUT2D eigenvalue weighted by molar-refractivity contribution is 5.88. The zero-order chi connectivity index (χ0) is 21.0. The molecule has 0 radical (unpaired) electrons. The largest absolute Gasteiger partial charge is 0.459 e. The maximum atomic E-state index is 11.6. The Morgan fingerprint density at radius 1 is 0.828 bits per heavy atom. The van der Waals surface area contributed by atoms with Gasteiger partial charge in [-0.1, -0.05) is 56.0 Å². The van der Waals surface area contributed by atoms with Gasteiger partial charge in [-0.15, -0.1) is 0 Å². The average molecular weight is 386 g/mol. The predicted octanol–water partition coefficient (Wildman–Crippen LogP) is 6.82. The first-order valence-corrected chi connectivity index (χ1v) is 9.73. The third-order valence-corrected chi connectivity index (χ3v) is 4.86. The lowest BCUT2D eigenvalue weighted by Gasteiger charge is -2.11. The quantitative estimate of drug-likeness (QED) is 0.265. The van der Waals surface area contributed by atoms with Crippen LogP contribution in [0.4, 0.5) is 0 Å². The SMILES string of the molecule is C=C(C)C(=O)O/C(C)=C(\C)Oc1ccc(-c2ccc3cc(CC)ccc3c2)cc1. The minimum Gasteiger partial charge on any atom is -0.459 e. The molecule has 0 aliphatic rings. The van der Waals surface area contributed by atoms with Crippen molar-refractivity contribution in [1.82, 2.24) is 0 Å². The standard InChI is InChI=1S/C26H26O3/c1-6-20-7-8-24-16-23(10-9-22(24)15-20)21-11-13-25(14-12-21)28-18(4)19(5)29-26(27)17(2)3/h7-16H,2,6H2,1,3-5H3/b19-18+. The fourth-order valence-electron chi connectivity index (χ4n) is 2.96. The lowest BCUT2D eigenvalue weighted by atomic mass is 9.99. The van der Waals surface area contributed by atoms with Crippen LogP contribution in [0.15, 0.2) is 84.3 Å². The van der Waals surface area contributed by atoms with Gasteiger partial charge in [0.25, 0.3) is 0 Å². The van der Waals surface area contributed by atoms with Gasteiger partial charge in [-0.25, -0.2) is 4.79 Å². The number of ether oxygens (including phenoxy) is 2. The molecule has 0 saturated carbocycles. The lowest BCUT2D eigenvalue weighted by Crippen LogP contribution is -2.06. The number of benzene rings is 3. The van der Waals surface area contributed by atoms with Gasteiger partial charge >= 0.3 is 5.97 Å². The summed E-state index contributed by atoms with van der Waals surface area (Å²) in [6.07, 6.45) is 1.04. The molecule has 0 saturated heterocycles. The van der Waals surface area contributed by atoms with Crippen molar-refractivity contribution in [3.63, 3.8) is 0 Å². The molecule has 148 valence electrons. The number of hydrogen-bond acceptors (Lipinski definition) is 3. The lowest BCUT2D eigenvalue weighted by molar-refractivity contribution is -0.135. The Kier molecular flexibility index (Phi) is 6.18. The summed E-state index contributed by atoms with van der Waals surface area (Å²) in [6, 6.07) is 21.0. The number of rotatable bonds is 6. The molecule has 3 aromatic carbocycles. The zero-order valence-electron chi connectivity index (χ0n) is 17.4. The molecular weight excluding hydrogens is 360 g/mol. The third kappa shape index (κ3) is 4.94. The predicted molar refractivity (Wildman–Crippen MR) is 119 cm³/mol. The van der Waals surface area contributed by atoms with E-state index < -0.39 is 5.97 Å². The molecule has 3 aromatic rings. The summed E-state index contributed by atoms with van der Waals surface area (Å²) in [6.45, 7) is 10.8. The van der Waals surface area contributed by atoms with E-state index in [1.807, 2.05) is 24.3 Å². The molecule has 3 nitrogen and oxygen atoms in total. The number of allylic oxidation sites excluding steroid dienone is 2. The van der Waals surface area contributed by atoms with E-state index in [0.717, 1.165) is 17.5 Å². The van der Waals surface area contributed by atoms with Crippen molar-refractivity contribution in [3.05, 3.63) is 89.9 Å². The van der Waals surface area contributed by atoms with Crippen LogP contribution in [-0.4, -0.2) is 5.97 Å². The Balaban J connectivity index is 1.77. The summed E-state index contributed by atoms with van der Waals surface area (Å²) < 4.78 is 11.0. The van der Waals surface area contributed by atoms with Crippen molar-refractivity contribution < 1.29 is 14.3 Å². The summed E-state index contributed by atoms with van der Waals surface area (Å²) in [5.74, 6) is 1.18. The fourth-order valence-corrected chi connectivity index (χ4v) is 2.96. The van der Waals surface area contributed by atoms with Gasteiger partial charge < -0.3 is 9.47 Å². The highest BCUT2D eigenvalue weighted by Gasteiger charge is 2.09. The topological polar surface area (TPSA) is 35.5 Å². The molecule has 0 aliphatic heterocycles. The van der Waals surface area contributed by atoms with Crippen molar-refractivity contribution in [1.29, 1.82) is 0 Å². The van der Waals surface area contributed by atoms with E-state index in [4.69, 9.17) is 9.47 Å².